The molecule has 28 heavy (non-hydrogen) atoms. The van der Waals surface area contributed by atoms with Crippen molar-refractivity contribution in [1.29, 1.82) is 0 Å². The summed E-state index contributed by atoms with van der Waals surface area (Å²) in [5.74, 6) is 0.948. The summed E-state index contributed by atoms with van der Waals surface area (Å²) in [5, 5.41) is 8.44. The smallest absolute Gasteiger partial charge is 0.267 e. The van der Waals surface area contributed by atoms with E-state index in [2.05, 4.69) is 10.4 Å². The summed E-state index contributed by atoms with van der Waals surface area (Å²) in [6.07, 6.45) is 0.284. The fourth-order valence-electron chi connectivity index (χ4n) is 3.15. The van der Waals surface area contributed by atoms with Crippen LogP contribution in [0, 0.1) is 6.92 Å². The molecule has 0 unspecified atom stereocenters. The van der Waals surface area contributed by atoms with E-state index in [1.54, 1.807) is 6.07 Å². The van der Waals surface area contributed by atoms with Gasteiger partial charge >= 0.3 is 0 Å². The first-order valence-electron chi connectivity index (χ1n) is 9.24. The van der Waals surface area contributed by atoms with E-state index in [0.29, 0.717) is 42.5 Å². The Bertz CT molecular complexity index is 941. The Morgan fingerprint density at radius 3 is 2.82 bits per heavy atom. The van der Waals surface area contributed by atoms with Crippen LogP contribution < -0.4 is 19.8 Å². The summed E-state index contributed by atoms with van der Waals surface area (Å²) in [4.78, 5) is 24.8. The number of fused-ring (bicyclic) bond motifs is 1. The Morgan fingerprint density at radius 2 is 2.00 bits per heavy atom. The van der Waals surface area contributed by atoms with Crippen LogP contribution in [0.15, 0.2) is 53.6 Å². The number of hydrogen-bond acceptors (Lipinski definition) is 5. The monoisotopic (exact) mass is 379 g/mol. The number of anilines is 1. The van der Waals surface area contributed by atoms with E-state index in [1.807, 2.05) is 49.4 Å². The van der Waals surface area contributed by atoms with Gasteiger partial charge in [-0.3, -0.25) is 9.59 Å². The number of carbonyl (C=O) groups excluding carboxylic acids is 2. The van der Waals surface area contributed by atoms with Gasteiger partial charge in [0.1, 0.15) is 18.4 Å². The summed E-state index contributed by atoms with van der Waals surface area (Å²) in [7, 11) is 0. The maximum Gasteiger partial charge on any atom is 0.267 e. The van der Waals surface area contributed by atoms with Gasteiger partial charge in [-0.1, -0.05) is 24.3 Å². The molecule has 7 nitrogen and oxygen atoms in total. The highest BCUT2D eigenvalue weighted by atomic mass is 16.6. The third-order valence-corrected chi connectivity index (χ3v) is 4.60. The summed E-state index contributed by atoms with van der Waals surface area (Å²) in [5.41, 5.74) is 2.01. The average Bonchev–Trinajstić information content (AvgIpc) is 2.72. The molecule has 2 heterocycles. The number of nitrogens with zero attached hydrogens (tertiary/aromatic N) is 2. The van der Waals surface area contributed by atoms with E-state index < -0.39 is 0 Å². The largest absolute Gasteiger partial charge is 0.486 e. The molecule has 2 aliphatic heterocycles. The lowest BCUT2D eigenvalue weighted by Gasteiger charge is -2.27. The molecule has 0 spiro atoms. The van der Waals surface area contributed by atoms with Crippen LogP contribution in [0.25, 0.3) is 0 Å². The molecule has 0 saturated carbocycles. The number of hydrogen-bond donors (Lipinski definition) is 1. The van der Waals surface area contributed by atoms with Crippen LogP contribution in [-0.2, 0) is 9.59 Å². The molecule has 0 fully saturated rings. The van der Waals surface area contributed by atoms with Gasteiger partial charge in [0, 0.05) is 12.8 Å². The first kappa shape index (κ1) is 18.0. The SMILES string of the molecule is Cc1cccc(N2N=C(C(=O)NC[C@@H]3COc4ccccc4O3)CCC2=O)c1. The molecule has 1 N–H and O–H groups in total. The minimum atomic E-state index is -0.299. The Balaban J connectivity index is 1.40. The lowest BCUT2D eigenvalue weighted by molar-refractivity contribution is -0.119. The van der Waals surface area contributed by atoms with Gasteiger partial charge in [-0.2, -0.15) is 5.10 Å². The Morgan fingerprint density at radius 1 is 1.18 bits per heavy atom. The standard InChI is InChI=1S/C21H21N3O4/c1-14-5-4-6-15(11-14)24-20(25)10-9-17(23-24)21(26)22-12-16-13-27-18-7-2-3-8-19(18)28-16/h2-8,11,16H,9-10,12-13H2,1H3,(H,22,26)/t16-/m1/s1. The number of nitrogens with one attached hydrogen (secondary N) is 1. The van der Waals surface area contributed by atoms with Gasteiger partial charge in [0.25, 0.3) is 5.91 Å². The van der Waals surface area contributed by atoms with Crippen molar-refractivity contribution in [3.63, 3.8) is 0 Å². The molecular formula is C21H21N3O4. The third-order valence-electron chi connectivity index (χ3n) is 4.60. The molecule has 0 aromatic heterocycles. The minimum absolute atomic E-state index is 0.122. The Kier molecular flexibility index (Phi) is 4.97. The second-order valence-electron chi connectivity index (χ2n) is 6.80. The van der Waals surface area contributed by atoms with Crippen molar-refractivity contribution < 1.29 is 19.1 Å². The zero-order valence-electron chi connectivity index (χ0n) is 15.6. The van der Waals surface area contributed by atoms with Crippen molar-refractivity contribution in [3.05, 3.63) is 54.1 Å². The molecular weight excluding hydrogens is 358 g/mol. The first-order valence-corrected chi connectivity index (χ1v) is 9.24. The van der Waals surface area contributed by atoms with Crippen LogP contribution in [-0.4, -0.2) is 36.8 Å². The minimum Gasteiger partial charge on any atom is -0.486 e. The molecule has 4 rings (SSSR count). The van der Waals surface area contributed by atoms with Crippen molar-refractivity contribution in [2.45, 2.75) is 25.9 Å². The van der Waals surface area contributed by atoms with Crippen LogP contribution in [0.1, 0.15) is 18.4 Å². The molecule has 0 saturated heterocycles. The molecule has 2 amide bonds. The van der Waals surface area contributed by atoms with Gasteiger partial charge in [-0.25, -0.2) is 5.01 Å². The van der Waals surface area contributed by atoms with E-state index >= 15 is 0 Å². The van der Waals surface area contributed by atoms with Crippen LogP contribution in [0.4, 0.5) is 5.69 Å². The predicted molar refractivity (Wildman–Crippen MR) is 105 cm³/mol. The highest BCUT2D eigenvalue weighted by Crippen LogP contribution is 2.30. The molecule has 0 bridgehead atoms. The summed E-state index contributed by atoms with van der Waals surface area (Å²) < 4.78 is 11.5. The number of benzene rings is 2. The number of ether oxygens (including phenoxy) is 2. The van der Waals surface area contributed by atoms with E-state index in [4.69, 9.17) is 9.47 Å². The van der Waals surface area contributed by atoms with Crippen molar-refractivity contribution in [1.82, 2.24) is 5.32 Å². The third kappa shape index (κ3) is 3.83. The number of rotatable bonds is 4. The van der Waals surface area contributed by atoms with Crippen LogP contribution in [0.3, 0.4) is 0 Å². The Labute approximate surface area is 162 Å². The molecule has 7 heteroatoms. The Hall–Kier alpha value is -3.35. The zero-order valence-corrected chi connectivity index (χ0v) is 15.6. The molecule has 0 aliphatic carbocycles. The van der Waals surface area contributed by atoms with E-state index in [1.165, 1.54) is 5.01 Å². The van der Waals surface area contributed by atoms with Crippen LogP contribution in [0.5, 0.6) is 11.5 Å². The quantitative estimate of drug-likeness (QED) is 0.885. The van der Waals surface area contributed by atoms with Crippen molar-refractivity contribution in [2.75, 3.05) is 18.2 Å². The highest BCUT2D eigenvalue weighted by Gasteiger charge is 2.27. The van der Waals surface area contributed by atoms with Gasteiger partial charge in [0.05, 0.1) is 12.2 Å². The molecule has 2 aromatic carbocycles. The summed E-state index contributed by atoms with van der Waals surface area (Å²) in [6.45, 7) is 2.60. The highest BCUT2D eigenvalue weighted by molar-refractivity contribution is 6.40. The van der Waals surface area contributed by atoms with E-state index in [-0.39, 0.29) is 24.3 Å². The first-order chi connectivity index (χ1) is 13.6. The molecule has 1 atom stereocenters. The predicted octanol–water partition coefficient (Wildman–Crippen LogP) is 2.43. The van der Waals surface area contributed by atoms with Crippen LogP contribution in [0.2, 0.25) is 0 Å². The fourth-order valence-corrected chi connectivity index (χ4v) is 3.15. The van der Waals surface area contributed by atoms with Gasteiger partial charge < -0.3 is 14.8 Å². The second-order valence-corrected chi connectivity index (χ2v) is 6.80. The number of para-hydroxylation sites is 2. The van der Waals surface area contributed by atoms with Gasteiger partial charge in [0.15, 0.2) is 11.5 Å². The lowest BCUT2D eigenvalue weighted by Crippen LogP contribution is -2.44. The van der Waals surface area contributed by atoms with Gasteiger partial charge in [0.2, 0.25) is 5.91 Å². The molecule has 0 radical (unpaired) electrons. The lowest BCUT2D eigenvalue weighted by atomic mass is 10.1. The summed E-state index contributed by atoms with van der Waals surface area (Å²) >= 11 is 0. The summed E-state index contributed by atoms with van der Waals surface area (Å²) in [6, 6.07) is 14.9. The normalized spacial score (nSPS) is 18.5. The average molecular weight is 379 g/mol. The van der Waals surface area contributed by atoms with Crippen LogP contribution >= 0.6 is 0 Å². The second kappa shape index (κ2) is 7.72. The van der Waals surface area contributed by atoms with Crippen molar-refractivity contribution in [2.24, 2.45) is 5.10 Å². The number of hydrazone groups is 1. The van der Waals surface area contributed by atoms with Crippen molar-refractivity contribution in [3.8, 4) is 11.5 Å². The van der Waals surface area contributed by atoms with E-state index in [0.717, 1.165) is 5.56 Å². The fraction of sp³-hybridized carbons (Fsp3) is 0.286. The number of carbonyl (C=O) groups is 2. The van der Waals surface area contributed by atoms with Gasteiger partial charge in [-0.15, -0.1) is 0 Å². The molecule has 2 aromatic rings. The molecule has 2 aliphatic rings. The number of aryl methyl sites for hydroxylation is 1. The molecule has 144 valence electrons. The maximum absolute atomic E-state index is 12.6. The van der Waals surface area contributed by atoms with Crippen molar-refractivity contribution >= 4 is 23.2 Å². The zero-order chi connectivity index (χ0) is 19.5. The maximum atomic E-state index is 12.6. The number of amides is 2. The van der Waals surface area contributed by atoms with Gasteiger partial charge in [-0.05, 0) is 36.8 Å². The topological polar surface area (TPSA) is 80.2 Å². The van der Waals surface area contributed by atoms with E-state index in [9.17, 15) is 9.59 Å².